The zero-order valence-corrected chi connectivity index (χ0v) is 16.2. The second-order valence-electron chi connectivity index (χ2n) is 6.01. The summed E-state index contributed by atoms with van der Waals surface area (Å²) in [6, 6.07) is 13.0. The average molecular weight is 401 g/mol. The summed E-state index contributed by atoms with van der Waals surface area (Å²) in [5, 5.41) is 14.1. The van der Waals surface area contributed by atoms with Gasteiger partial charge in [-0.3, -0.25) is 9.69 Å². The molecule has 2 N–H and O–H groups in total. The number of rotatable bonds is 6. The molecular formula is C19H19N3O5S. The molecular weight excluding hydrogens is 382 g/mol. The zero-order valence-electron chi connectivity index (χ0n) is 15.4. The second kappa shape index (κ2) is 8.65. The first-order valence-electron chi connectivity index (χ1n) is 8.18. The summed E-state index contributed by atoms with van der Waals surface area (Å²) < 4.78 is 28.4. The van der Waals surface area contributed by atoms with Crippen molar-refractivity contribution >= 4 is 27.6 Å². The maximum atomic E-state index is 12.4. The van der Waals surface area contributed by atoms with E-state index in [4.69, 9.17) is 15.1 Å². The first-order valence-corrected chi connectivity index (χ1v) is 9.73. The van der Waals surface area contributed by atoms with Crippen LogP contribution < -0.4 is 10.0 Å². The molecule has 146 valence electrons. The van der Waals surface area contributed by atoms with E-state index in [-0.39, 0.29) is 17.0 Å². The molecule has 2 rings (SSSR count). The number of benzene rings is 2. The van der Waals surface area contributed by atoms with E-state index in [2.05, 4.69) is 0 Å². The van der Waals surface area contributed by atoms with Gasteiger partial charge in [-0.05, 0) is 49.2 Å². The number of amides is 1. The third kappa shape index (κ3) is 4.94. The second-order valence-corrected chi connectivity index (χ2v) is 7.54. The van der Waals surface area contributed by atoms with Gasteiger partial charge in [-0.15, -0.1) is 0 Å². The van der Waals surface area contributed by atoms with Crippen molar-refractivity contribution in [1.29, 1.82) is 5.26 Å². The van der Waals surface area contributed by atoms with Crippen molar-refractivity contribution in [2.45, 2.75) is 18.7 Å². The van der Waals surface area contributed by atoms with Crippen LogP contribution in [0.3, 0.4) is 0 Å². The molecule has 0 saturated heterocycles. The van der Waals surface area contributed by atoms with Crippen LogP contribution >= 0.6 is 0 Å². The molecule has 0 atom stereocenters. The Hall–Kier alpha value is -3.22. The van der Waals surface area contributed by atoms with Crippen LogP contribution in [-0.2, 0) is 19.6 Å². The van der Waals surface area contributed by atoms with Crippen molar-refractivity contribution in [3.05, 3.63) is 59.2 Å². The number of para-hydroxylation sites is 1. The summed E-state index contributed by atoms with van der Waals surface area (Å²) in [6.07, 6.45) is 0. The third-order valence-electron chi connectivity index (χ3n) is 4.09. The van der Waals surface area contributed by atoms with Crippen LogP contribution in [0.1, 0.15) is 21.5 Å². The van der Waals surface area contributed by atoms with Gasteiger partial charge in [0.2, 0.25) is 10.0 Å². The Morgan fingerprint density at radius 3 is 2.39 bits per heavy atom. The van der Waals surface area contributed by atoms with Gasteiger partial charge in [0.1, 0.15) is 6.54 Å². The lowest BCUT2D eigenvalue weighted by Crippen LogP contribution is -2.35. The van der Waals surface area contributed by atoms with Crippen LogP contribution in [0.15, 0.2) is 47.4 Å². The highest BCUT2D eigenvalue weighted by molar-refractivity contribution is 7.89. The molecule has 0 aromatic heterocycles. The molecule has 1 amide bonds. The van der Waals surface area contributed by atoms with Crippen molar-refractivity contribution in [2.75, 3.05) is 18.1 Å². The summed E-state index contributed by atoms with van der Waals surface area (Å²) in [4.78, 5) is 25.7. The Kier molecular flexibility index (Phi) is 6.51. The van der Waals surface area contributed by atoms with Crippen LogP contribution in [0, 0.1) is 25.2 Å². The summed E-state index contributed by atoms with van der Waals surface area (Å²) >= 11 is 0. The standard InChI is InChI=1S/C19H19N3O5S/c1-13-10-15(11-17(14(13)2)28(21,25)26)19(24)27-12-18(23)22(9-8-20)16-6-4-3-5-7-16/h3-7,10-11H,9,12H2,1-2H3,(H2,21,25,26). The highest BCUT2D eigenvalue weighted by Gasteiger charge is 2.21. The fraction of sp³-hybridized carbons (Fsp3) is 0.211. The highest BCUT2D eigenvalue weighted by atomic mass is 32.2. The number of esters is 1. The van der Waals surface area contributed by atoms with Gasteiger partial charge in [0, 0.05) is 5.69 Å². The lowest BCUT2D eigenvalue weighted by Gasteiger charge is -2.19. The number of primary sulfonamides is 1. The predicted octanol–water partition coefficient (Wildman–Crippen LogP) is 1.66. The lowest BCUT2D eigenvalue weighted by atomic mass is 10.1. The molecule has 0 radical (unpaired) electrons. The first kappa shape index (κ1) is 21.1. The van der Waals surface area contributed by atoms with Crippen molar-refractivity contribution in [3.63, 3.8) is 0 Å². The molecule has 0 fully saturated rings. The van der Waals surface area contributed by atoms with Gasteiger partial charge in [-0.2, -0.15) is 5.26 Å². The predicted molar refractivity (Wildman–Crippen MR) is 102 cm³/mol. The summed E-state index contributed by atoms with van der Waals surface area (Å²) in [5.74, 6) is -1.46. The maximum Gasteiger partial charge on any atom is 0.338 e. The number of nitriles is 1. The highest BCUT2D eigenvalue weighted by Crippen LogP contribution is 2.21. The van der Waals surface area contributed by atoms with Gasteiger partial charge in [-0.25, -0.2) is 18.4 Å². The number of hydrogen-bond acceptors (Lipinski definition) is 6. The van der Waals surface area contributed by atoms with Crippen LogP contribution in [0.25, 0.3) is 0 Å². The minimum atomic E-state index is -4.02. The number of nitrogens with zero attached hydrogens (tertiary/aromatic N) is 2. The molecule has 0 unspecified atom stereocenters. The van der Waals surface area contributed by atoms with E-state index in [1.54, 1.807) is 44.2 Å². The van der Waals surface area contributed by atoms with Crippen LogP contribution in [-0.4, -0.2) is 33.4 Å². The maximum absolute atomic E-state index is 12.4. The Bertz CT molecular complexity index is 1040. The quantitative estimate of drug-likeness (QED) is 0.579. The summed E-state index contributed by atoms with van der Waals surface area (Å²) in [7, 11) is -4.02. The van der Waals surface area contributed by atoms with Gasteiger partial charge in [-0.1, -0.05) is 18.2 Å². The zero-order chi connectivity index (χ0) is 20.9. The molecule has 0 saturated carbocycles. The Balaban J connectivity index is 2.18. The van der Waals surface area contributed by atoms with E-state index >= 15 is 0 Å². The molecule has 0 aliphatic carbocycles. The number of sulfonamides is 1. The molecule has 0 aliphatic heterocycles. The van der Waals surface area contributed by atoms with Gasteiger partial charge in [0.25, 0.3) is 5.91 Å². The molecule has 28 heavy (non-hydrogen) atoms. The van der Waals surface area contributed by atoms with E-state index in [0.29, 0.717) is 16.8 Å². The molecule has 2 aromatic carbocycles. The number of hydrogen-bond donors (Lipinski definition) is 1. The Morgan fingerprint density at radius 2 is 1.82 bits per heavy atom. The molecule has 0 bridgehead atoms. The molecule has 0 spiro atoms. The normalized spacial score (nSPS) is 10.8. The number of ether oxygens (including phenoxy) is 1. The topological polar surface area (TPSA) is 131 Å². The van der Waals surface area contributed by atoms with Crippen LogP contribution in [0.4, 0.5) is 5.69 Å². The number of nitrogens with two attached hydrogens (primary N) is 1. The average Bonchev–Trinajstić information content (AvgIpc) is 2.65. The number of aryl methyl sites for hydroxylation is 1. The molecule has 9 heteroatoms. The number of carbonyl (C=O) groups is 2. The van der Waals surface area contributed by atoms with Crippen molar-refractivity contribution in [3.8, 4) is 6.07 Å². The smallest absolute Gasteiger partial charge is 0.338 e. The van der Waals surface area contributed by atoms with Crippen LogP contribution in [0.2, 0.25) is 0 Å². The Labute approximate surface area is 163 Å². The lowest BCUT2D eigenvalue weighted by molar-refractivity contribution is -0.121. The van der Waals surface area contributed by atoms with Crippen LogP contribution in [0.5, 0.6) is 0 Å². The number of anilines is 1. The number of carbonyl (C=O) groups excluding carboxylic acids is 2. The van der Waals surface area contributed by atoms with Gasteiger partial charge < -0.3 is 4.74 Å². The van der Waals surface area contributed by atoms with Crippen molar-refractivity contribution < 1.29 is 22.7 Å². The van der Waals surface area contributed by atoms with E-state index in [1.165, 1.54) is 11.0 Å². The minimum absolute atomic E-state index is 0.0357. The van der Waals surface area contributed by atoms with Crippen molar-refractivity contribution in [1.82, 2.24) is 0 Å². The monoisotopic (exact) mass is 401 g/mol. The fourth-order valence-corrected chi connectivity index (χ4v) is 3.41. The SMILES string of the molecule is Cc1cc(C(=O)OCC(=O)N(CC#N)c2ccccc2)cc(S(N)(=O)=O)c1C. The summed E-state index contributed by atoms with van der Waals surface area (Å²) in [5.41, 5.74) is 1.43. The van der Waals surface area contributed by atoms with E-state index < -0.39 is 28.5 Å². The van der Waals surface area contributed by atoms with Gasteiger partial charge in [0.05, 0.1) is 16.5 Å². The van der Waals surface area contributed by atoms with Gasteiger partial charge >= 0.3 is 5.97 Å². The molecule has 0 heterocycles. The fourth-order valence-electron chi connectivity index (χ4n) is 2.53. The molecule has 8 nitrogen and oxygen atoms in total. The van der Waals surface area contributed by atoms with E-state index in [1.807, 2.05) is 6.07 Å². The first-order chi connectivity index (χ1) is 13.1. The van der Waals surface area contributed by atoms with Crippen molar-refractivity contribution in [2.24, 2.45) is 5.14 Å². The van der Waals surface area contributed by atoms with Gasteiger partial charge in [0.15, 0.2) is 6.61 Å². The third-order valence-corrected chi connectivity index (χ3v) is 5.12. The van der Waals surface area contributed by atoms with E-state index in [0.717, 1.165) is 6.07 Å². The molecule has 2 aromatic rings. The Morgan fingerprint density at radius 1 is 1.18 bits per heavy atom. The minimum Gasteiger partial charge on any atom is -0.452 e. The summed E-state index contributed by atoms with van der Waals surface area (Å²) in [6.45, 7) is 2.40. The largest absolute Gasteiger partial charge is 0.452 e. The molecule has 0 aliphatic rings. The van der Waals surface area contributed by atoms with E-state index in [9.17, 15) is 18.0 Å².